The third kappa shape index (κ3) is 1.91. The van der Waals surface area contributed by atoms with Gasteiger partial charge in [-0.05, 0) is 42.5 Å². The highest BCUT2D eigenvalue weighted by atomic mass is 16.5. The number of nitrogens with zero attached hydrogens (tertiary/aromatic N) is 2. The molecule has 0 radical (unpaired) electrons. The summed E-state index contributed by atoms with van der Waals surface area (Å²) in [5, 5.41) is 13.4. The minimum atomic E-state index is -0.350. The molecule has 142 valence electrons. The number of fused-ring (bicyclic) bond motifs is 10. The summed E-state index contributed by atoms with van der Waals surface area (Å²) in [6.45, 7) is 0. The molecule has 0 bridgehead atoms. The maximum Gasteiger partial charge on any atom is 0.261 e. The van der Waals surface area contributed by atoms with Crippen LogP contribution < -0.4 is 15.0 Å². The van der Waals surface area contributed by atoms with Gasteiger partial charge in [-0.15, -0.1) is 0 Å². The lowest BCUT2D eigenvalue weighted by Gasteiger charge is -2.04. The predicted molar refractivity (Wildman–Crippen MR) is 112 cm³/mol. The van der Waals surface area contributed by atoms with Crippen LogP contribution in [0.5, 0.6) is 17.4 Å². The Kier molecular flexibility index (Phi) is 2.92. The zero-order valence-electron chi connectivity index (χ0n) is 15.6. The Morgan fingerprint density at radius 3 is 2.52 bits per heavy atom. The number of ether oxygens (including phenoxy) is 2. The van der Waals surface area contributed by atoms with E-state index in [1.165, 1.54) is 0 Å². The Hall–Kier alpha value is -4.00. The molecule has 4 heterocycles. The number of rotatable bonds is 2. The average molecular weight is 385 g/mol. The smallest absolute Gasteiger partial charge is 0.261 e. The maximum absolute atomic E-state index is 12.8. The molecule has 2 aromatic carbocycles. The Morgan fingerprint density at radius 2 is 1.72 bits per heavy atom. The van der Waals surface area contributed by atoms with Gasteiger partial charge in [0.1, 0.15) is 17.0 Å². The number of nitrogens with one attached hydrogen (secondary N) is 1. The number of pyridine rings is 1. The lowest BCUT2D eigenvalue weighted by molar-refractivity contribution is 0.415. The van der Waals surface area contributed by atoms with E-state index in [-0.39, 0.29) is 11.4 Å². The summed E-state index contributed by atoms with van der Waals surface area (Å²) >= 11 is 0. The third-order valence-corrected chi connectivity index (χ3v) is 5.59. The third-order valence-electron chi connectivity index (χ3n) is 5.59. The highest BCUT2D eigenvalue weighted by Gasteiger charge is 2.23. The summed E-state index contributed by atoms with van der Waals surface area (Å²) < 4.78 is 12.6. The van der Waals surface area contributed by atoms with Crippen LogP contribution in [0.25, 0.3) is 49.1 Å². The fourth-order valence-corrected chi connectivity index (χ4v) is 4.32. The summed E-state index contributed by atoms with van der Waals surface area (Å²) in [5.41, 5.74) is 3.21. The van der Waals surface area contributed by atoms with Crippen LogP contribution in [-0.4, -0.2) is 33.7 Å². The van der Waals surface area contributed by atoms with Gasteiger partial charge in [-0.25, -0.2) is 4.98 Å². The Morgan fingerprint density at radius 1 is 0.966 bits per heavy atom. The molecule has 0 spiro atoms. The molecule has 29 heavy (non-hydrogen) atoms. The molecule has 0 fully saturated rings. The molecule has 0 aliphatic rings. The molecule has 0 atom stereocenters. The normalized spacial score (nSPS) is 12.1. The predicted octanol–water partition coefficient (Wildman–Crippen LogP) is 3.80. The minimum Gasteiger partial charge on any atom is -0.497 e. The van der Waals surface area contributed by atoms with Crippen molar-refractivity contribution >= 4 is 49.1 Å². The number of methoxy groups -OCH3 is 2. The molecule has 6 rings (SSSR count). The second-order valence-electron chi connectivity index (χ2n) is 7.03. The quantitative estimate of drug-likeness (QED) is 0.473. The standard InChI is InChI=1S/C22H15N3O4/c1-28-11-4-6-15-10(7-11)8-16-19-17(13-9-12(29-2)3-5-14(13)23-19)18-20(25(15)16)22(27)24-21(18)26/h3-9,27H,1-2H3,(H,24,26). The molecular weight excluding hydrogens is 370 g/mol. The molecule has 0 saturated carbocycles. The lowest BCUT2D eigenvalue weighted by atomic mass is 10.1. The van der Waals surface area contributed by atoms with E-state index in [1.54, 1.807) is 14.2 Å². The lowest BCUT2D eigenvalue weighted by Crippen LogP contribution is -1.98. The molecule has 2 N–H and O–H groups in total. The molecular formula is C22H15N3O4. The highest BCUT2D eigenvalue weighted by Crippen LogP contribution is 2.40. The highest BCUT2D eigenvalue weighted by molar-refractivity contribution is 6.25. The largest absolute Gasteiger partial charge is 0.497 e. The number of aromatic amines is 1. The molecule has 0 saturated heterocycles. The van der Waals surface area contributed by atoms with Gasteiger partial charge in [0.25, 0.3) is 5.56 Å². The van der Waals surface area contributed by atoms with Crippen LogP contribution in [0.15, 0.2) is 47.3 Å². The fraction of sp³-hybridized carbons (Fsp3) is 0.0909. The zero-order valence-corrected chi connectivity index (χ0v) is 15.6. The molecule has 0 amide bonds. The molecule has 0 aliphatic heterocycles. The number of benzene rings is 2. The van der Waals surface area contributed by atoms with E-state index in [4.69, 9.17) is 14.5 Å². The van der Waals surface area contributed by atoms with Gasteiger partial charge in [-0.3, -0.25) is 9.78 Å². The maximum atomic E-state index is 12.8. The van der Waals surface area contributed by atoms with Crippen molar-refractivity contribution in [1.82, 2.24) is 14.4 Å². The Labute approximate surface area is 163 Å². The first-order chi connectivity index (χ1) is 14.1. The summed E-state index contributed by atoms with van der Waals surface area (Å²) in [7, 11) is 3.22. The van der Waals surface area contributed by atoms with Crippen LogP contribution >= 0.6 is 0 Å². The SMILES string of the molecule is COc1ccc2c(c1)cc1c3nc4ccc(OC)cc4c3c3c(=O)[nH]c(O)c3n21. The van der Waals surface area contributed by atoms with Crippen molar-refractivity contribution in [2.45, 2.75) is 0 Å². The van der Waals surface area contributed by atoms with Crippen LogP contribution in [-0.2, 0) is 0 Å². The Bertz CT molecular complexity index is 1660. The van der Waals surface area contributed by atoms with Gasteiger partial charge < -0.3 is 19.0 Å². The van der Waals surface area contributed by atoms with E-state index in [1.807, 2.05) is 46.9 Å². The van der Waals surface area contributed by atoms with Crippen LogP contribution in [0.1, 0.15) is 0 Å². The molecule has 6 aromatic rings. The van der Waals surface area contributed by atoms with Crippen molar-refractivity contribution in [3.8, 4) is 17.4 Å². The van der Waals surface area contributed by atoms with E-state index >= 15 is 0 Å². The van der Waals surface area contributed by atoms with E-state index < -0.39 is 0 Å². The number of aromatic nitrogens is 3. The van der Waals surface area contributed by atoms with Gasteiger partial charge in [0.2, 0.25) is 5.88 Å². The minimum absolute atomic E-state index is 0.164. The van der Waals surface area contributed by atoms with Crippen LogP contribution in [0, 0.1) is 0 Å². The number of aromatic hydroxyl groups is 1. The number of hydrogen-bond acceptors (Lipinski definition) is 5. The fourth-order valence-electron chi connectivity index (χ4n) is 4.32. The van der Waals surface area contributed by atoms with Crippen molar-refractivity contribution in [1.29, 1.82) is 0 Å². The summed E-state index contributed by atoms with van der Waals surface area (Å²) in [6.07, 6.45) is 0. The topological polar surface area (TPSA) is 88.9 Å². The van der Waals surface area contributed by atoms with Crippen molar-refractivity contribution < 1.29 is 14.6 Å². The van der Waals surface area contributed by atoms with Gasteiger partial charge in [-0.2, -0.15) is 0 Å². The van der Waals surface area contributed by atoms with E-state index in [9.17, 15) is 9.90 Å². The monoisotopic (exact) mass is 385 g/mol. The van der Waals surface area contributed by atoms with Gasteiger partial charge in [-0.1, -0.05) is 0 Å². The van der Waals surface area contributed by atoms with Crippen LogP contribution in [0.2, 0.25) is 0 Å². The van der Waals surface area contributed by atoms with Gasteiger partial charge in [0, 0.05) is 16.2 Å². The molecule has 7 nitrogen and oxygen atoms in total. The van der Waals surface area contributed by atoms with Crippen LogP contribution in [0.4, 0.5) is 0 Å². The second kappa shape index (κ2) is 5.29. The average Bonchev–Trinajstić information content (AvgIpc) is 3.37. The van der Waals surface area contributed by atoms with Crippen molar-refractivity contribution in [3.63, 3.8) is 0 Å². The first-order valence-corrected chi connectivity index (χ1v) is 9.07. The molecule has 0 aliphatic carbocycles. The zero-order chi connectivity index (χ0) is 19.9. The Balaban J connectivity index is 1.97. The van der Waals surface area contributed by atoms with Crippen LogP contribution in [0.3, 0.4) is 0 Å². The van der Waals surface area contributed by atoms with E-state index in [0.29, 0.717) is 27.6 Å². The molecule has 4 aromatic heterocycles. The summed E-state index contributed by atoms with van der Waals surface area (Å²) in [4.78, 5) is 20.2. The first kappa shape index (κ1) is 16.0. The summed E-state index contributed by atoms with van der Waals surface area (Å²) in [6, 6.07) is 13.3. The van der Waals surface area contributed by atoms with Crippen molar-refractivity contribution in [2.24, 2.45) is 0 Å². The van der Waals surface area contributed by atoms with Gasteiger partial charge in [0.05, 0.1) is 41.7 Å². The van der Waals surface area contributed by atoms with Gasteiger partial charge >= 0.3 is 0 Å². The van der Waals surface area contributed by atoms with Crippen molar-refractivity contribution in [3.05, 3.63) is 52.8 Å². The number of hydrogen-bond donors (Lipinski definition) is 2. The van der Waals surface area contributed by atoms with Gasteiger partial charge in [0.15, 0.2) is 0 Å². The summed E-state index contributed by atoms with van der Waals surface area (Å²) in [5.74, 6) is 1.24. The van der Waals surface area contributed by atoms with E-state index in [2.05, 4.69) is 4.98 Å². The molecule has 7 heteroatoms. The first-order valence-electron chi connectivity index (χ1n) is 9.07. The molecule has 0 unspecified atom stereocenters. The van der Waals surface area contributed by atoms with Crippen molar-refractivity contribution in [2.75, 3.05) is 14.2 Å². The van der Waals surface area contributed by atoms with E-state index in [0.717, 1.165) is 33.1 Å². The number of H-pyrrole nitrogens is 1. The second-order valence-corrected chi connectivity index (χ2v) is 7.03.